The Labute approximate surface area is 98.4 Å². The fourth-order valence-electron chi connectivity index (χ4n) is 1.58. The van der Waals surface area contributed by atoms with Gasteiger partial charge < -0.3 is 10.6 Å². The Bertz CT molecular complexity index is 477. The number of hydrogen-bond donors (Lipinski definition) is 2. The van der Waals surface area contributed by atoms with Crippen LogP contribution in [-0.4, -0.2) is 12.1 Å². The molecule has 0 unspecified atom stereocenters. The minimum atomic E-state index is -0.604. The second kappa shape index (κ2) is 4.83. The van der Waals surface area contributed by atoms with E-state index in [1.54, 1.807) is 0 Å². The predicted molar refractivity (Wildman–Crippen MR) is 60.9 cm³/mol. The molecule has 2 N–H and O–H groups in total. The van der Waals surface area contributed by atoms with Gasteiger partial charge in [-0.05, 0) is 37.5 Å². The molecule has 1 aromatic carbocycles. The molecule has 5 heteroatoms. The van der Waals surface area contributed by atoms with Crippen molar-refractivity contribution in [3.8, 4) is 6.07 Å². The van der Waals surface area contributed by atoms with Crippen LogP contribution in [0, 0.1) is 17.1 Å². The highest BCUT2D eigenvalue weighted by Gasteiger charge is 2.19. The summed E-state index contributed by atoms with van der Waals surface area (Å²) in [5, 5.41) is 13.7. The summed E-state index contributed by atoms with van der Waals surface area (Å²) in [5.74, 6) is -0.604. The van der Waals surface area contributed by atoms with Crippen LogP contribution in [0.5, 0.6) is 0 Å². The Kier molecular flexibility index (Phi) is 3.24. The summed E-state index contributed by atoms with van der Waals surface area (Å²) in [6.07, 6.45) is 3.07. The highest BCUT2D eigenvalue weighted by molar-refractivity contribution is 5.89. The maximum Gasteiger partial charge on any atom is 0.319 e. The van der Waals surface area contributed by atoms with E-state index < -0.39 is 11.8 Å². The average molecular weight is 233 g/mol. The van der Waals surface area contributed by atoms with Gasteiger partial charge in [0.15, 0.2) is 0 Å². The van der Waals surface area contributed by atoms with Gasteiger partial charge in [-0.2, -0.15) is 5.26 Å². The Morgan fingerprint density at radius 3 is 2.76 bits per heavy atom. The van der Waals surface area contributed by atoms with Crippen LogP contribution in [0.4, 0.5) is 14.9 Å². The van der Waals surface area contributed by atoms with Gasteiger partial charge in [0.05, 0.1) is 17.3 Å². The zero-order chi connectivity index (χ0) is 12.3. The van der Waals surface area contributed by atoms with E-state index in [4.69, 9.17) is 5.26 Å². The zero-order valence-corrected chi connectivity index (χ0v) is 9.16. The summed E-state index contributed by atoms with van der Waals surface area (Å²) >= 11 is 0. The van der Waals surface area contributed by atoms with Crippen LogP contribution >= 0.6 is 0 Å². The smallest absolute Gasteiger partial charge is 0.319 e. The van der Waals surface area contributed by atoms with Crippen molar-refractivity contribution in [2.45, 2.75) is 25.3 Å². The van der Waals surface area contributed by atoms with Crippen molar-refractivity contribution in [3.05, 3.63) is 29.6 Å². The SMILES string of the molecule is N#Cc1ccc(NC(=O)NC2CCC2)c(F)c1. The Morgan fingerprint density at radius 1 is 1.47 bits per heavy atom. The van der Waals surface area contributed by atoms with E-state index in [9.17, 15) is 9.18 Å². The number of anilines is 1. The number of halogens is 1. The van der Waals surface area contributed by atoms with Crippen LogP contribution in [0.15, 0.2) is 18.2 Å². The fourth-order valence-corrected chi connectivity index (χ4v) is 1.58. The molecule has 0 aliphatic heterocycles. The molecule has 2 amide bonds. The number of nitrogens with one attached hydrogen (secondary N) is 2. The summed E-state index contributed by atoms with van der Waals surface area (Å²) in [5.41, 5.74) is 0.313. The van der Waals surface area contributed by atoms with E-state index >= 15 is 0 Å². The second-order valence-corrected chi connectivity index (χ2v) is 4.03. The molecule has 0 spiro atoms. The quantitative estimate of drug-likeness (QED) is 0.823. The van der Waals surface area contributed by atoms with Gasteiger partial charge in [0.25, 0.3) is 0 Å². The maximum atomic E-state index is 13.4. The van der Waals surface area contributed by atoms with Gasteiger partial charge in [-0.25, -0.2) is 9.18 Å². The van der Waals surface area contributed by atoms with Crippen molar-refractivity contribution in [1.29, 1.82) is 5.26 Å². The molecule has 1 fully saturated rings. The number of nitriles is 1. The van der Waals surface area contributed by atoms with E-state index in [2.05, 4.69) is 10.6 Å². The Hall–Kier alpha value is -2.09. The van der Waals surface area contributed by atoms with E-state index in [1.165, 1.54) is 12.1 Å². The number of carbonyl (C=O) groups is 1. The van der Waals surface area contributed by atoms with Gasteiger partial charge in [0.2, 0.25) is 0 Å². The lowest BCUT2D eigenvalue weighted by atomic mass is 9.93. The third-order valence-corrected chi connectivity index (χ3v) is 2.79. The number of amides is 2. The molecule has 1 saturated carbocycles. The molecule has 1 aliphatic carbocycles. The van der Waals surface area contributed by atoms with Crippen molar-refractivity contribution in [1.82, 2.24) is 5.32 Å². The largest absolute Gasteiger partial charge is 0.335 e. The predicted octanol–water partition coefficient (Wildman–Crippen LogP) is 2.37. The Balaban J connectivity index is 1.98. The van der Waals surface area contributed by atoms with Crippen molar-refractivity contribution in [2.24, 2.45) is 0 Å². The van der Waals surface area contributed by atoms with E-state index in [-0.39, 0.29) is 17.3 Å². The van der Waals surface area contributed by atoms with E-state index in [0.717, 1.165) is 25.3 Å². The topological polar surface area (TPSA) is 64.9 Å². The van der Waals surface area contributed by atoms with Crippen LogP contribution in [0.2, 0.25) is 0 Å². The fraction of sp³-hybridized carbons (Fsp3) is 0.333. The lowest BCUT2D eigenvalue weighted by molar-refractivity contribution is 0.240. The van der Waals surface area contributed by atoms with Crippen molar-refractivity contribution in [2.75, 3.05) is 5.32 Å². The van der Waals surface area contributed by atoms with Gasteiger partial charge in [-0.15, -0.1) is 0 Å². The first-order valence-corrected chi connectivity index (χ1v) is 5.46. The zero-order valence-electron chi connectivity index (χ0n) is 9.16. The molecule has 88 valence electrons. The molecule has 1 aromatic rings. The van der Waals surface area contributed by atoms with Crippen molar-refractivity contribution >= 4 is 11.7 Å². The number of nitrogens with zero attached hydrogens (tertiary/aromatic N) is 1. The third-order valence-electron chi connectivity index (χ3n) is 2.79. The highest BCUT2D eigenvalue weighted by Crippen LogP contribution is 2.19. The van der Waals surface area contributed by atoms with E-state index in [0.29, 0.717) is 0 Å². The van der Waals surface area contributed by atoms with Gasteiger partial charge >= 0.3 is 6.03 Å². The summed E-state index contributed by atoms with van der Waals surface area (Å²) in [6, 6.07) is 5.57. The number of urea groups is 1. The number of benzene rings is 1. The number of hydrogen-bond acceptors (Lipinski definition) is 2. The van der Waals surface area contributed by atoms with Crippen LogP contribution < -0.4 is 10.6 Å². The van der Waals surface area contributed by atoms with E-state index in [1.807, 2.05) is 6.07 Å². The molecular weight excluding hydrogens is 221 g/mol. The molecule has 17 heavy (non-hydrogen) atoms. The second-order valence-electron chi connectivity index (χ2n) is 4.03. The minimum absolute atomic E-state index is 0.0841. The monoisotopic (exact) mass is 233 g/mol. The average Bonchev–Trinajstić information content (AvgIpc) is 2.26. The van der Waals surface area contributed by atoms with Gasteiger partial charge in [-0.3, -0.25) is 0 Å². The standard InChI is InChI=1S/C12H12FN3O/c13-10-6-8(7-14)4-5-11(10)16-12(17)15-9-2-1-3-9/h4-6,9H,1-3H2,(H2,15,16,17). The van der Waals surface area contributed by atoms with Crippen LogP contribution in [0.1, 0.15) is 24.8 Å². The van der Waals surface area contributed by atoms with Crippen LogP contribution in [-0.2, 0) is 0 Å². The van der Waals surface area contributed by atoms with Crippen molar-refractivity contribution in [3.63, 3.8) is 0 Å². The minimum Gasteiger partial charge on any atom is -0.335 e. The van der Waals surface area contributed by atoms with Crippen LogP contribution in [0.3, 0.4) is 0 Å². The maximum absolute atomic E-state index is 13.4. The summed E-state index contributed by atoms with van der Waals surface area (Å²) < 4.78 is 13.4. The number of rotatable bonds is 2. The molecule has 0 atom stereocenters. The summed E-state index contributed by atoms with van der Waals surface area (Å²) in [4.78, 5) is 11.5. The molecule has 4 nitrogen and oxygen atoms in total. The first-order valence-electron chi connectivity index (χ1n) is 5.46. The molecule has 0 radical (unpaired) electrons. The molecule has 1 aliphatic rings. The first kappa shape index (κ1) is 11.4. The molecule has 0 saturated heterocycles. The summed E-state index contributed by atoms with van der Waals surface area (Å²) in [7, 11) is 0. The van der Waals surface area contributed by atoms with Crippen molar-refractivity contribution < 1.29 is 9.18 Å². The molecule has 0 aromatic heterocycles. The lowest BCUT2D eigenvalue weighted by Gasteiger charge is -2.26. The van der Waals surface area contributed by atoms with Gasteiger partial charge in [0.1, 0.15) is 5.82 Å². The molecule has 0 heterocycles. The van der Waals surface area contributed by atoms with Gasteiger partial charge in [-0.1, -0.05) is 0 Å². The third kappa shape index (κ3) is 2.72. The lowest BCUT2D eigenvalue weighted by Crippen LogP contribution is -2.41. The van der Waals surface area contributed by atoms with Crippen LogP contribution in [0.25, 0.3) is 0 Å². The highest BCUT2D eigenvalue weighted by atomic mass is 19.1. The normalized spacial score (nSPS) is 14.6. The number of carbonyl (C=O) groups excluding carboxylic acids is 1. The molecule has 0 bridgehead atoms. The molecule has 2 rings (SSSR count). The summed E-state index contributed by atoms with van der Waals surface area (Å²) in [6.45, 7) is 0. The first-order chi connectivity index (χ1) is 8.19. The van der Waals surface area contributed by atoms with Gasteiger partial charge in [0, 0.05) is 6.04 Å². The Morgan fingerprint density at radius 2 is 2.24 bits per heavy atom. The molecular formula is C12H12FN3O.